The quantitative estimate of drug-likeness (QED) is 0.694. The molecule has 1 fully saturated rings. The van der Waals surface area contributed by atoms with Crippen molar-refractivity contribution >= 4 is 5.97 Å². The van der Waals surface area contributed by atoms with Gasteiger partial charge in [-0.25, -0.2) is 4.79 Å². The molecule has 0 bridgehead atoms. The number of ether oxygens (including phenoxy) is 5. The molecule has 7 heteroatoms. The molecule has 1 aliphatic rings. The van der Waals surface area contributed by atoms with Crippen LogP contribution in [0.5, 0.6) is 0 Å². The Morgan fingerprint density at radius 3 is 2.00 bits per heavy atom. The second-order valence-electron chi connectivity index (χ2n) is 3.99. The number of hydrogen-bond acceptors (Lipinski definition) is 6. The predicted octanol–water partition coefficient (Wildman–Crippen LogP) is -0.470. The van der Waals surface area contributed by atoms with E-state index in [-0.39, 0.29) is 6.61 Å². The largest absolute Gasteiger partial charge is 0.479 e. The number of carbonyl (C=O) groups is 1. The molecule has 7 nitrogen and oxygen atoms in total. The Hall–Kier alpha value is -0.730. The number of aliphatic carboxylic acids is 1. The van der Waals surface area contributed by atoms with Gasteiger partial charge in [-0.05, 0) is 0 Å². The molecule has 0 aromatic heterocycles. The summed E-state index contributed by atoms with van der Waals surface area (Å²) in [5, 5.41) is 9.16. The molecule has 1 heterocycles. The van der Waals surface area contributed by atoms with Crippen LogP contribution in [0.4, 0.5) is 0 Å². The van der Waals surface area contributed by atoms with Crippen molar-refractivity contribution in [1.29, 1.82) is 0 Å². The van der Waals surface area contributed by atoms with Crippen LogP contribution in [0.15, 0.2) is 0 Å². The molecule has 0 amide bonds. The standard InChI is InChI=1S/C11H20O7/c1-14-5-6-7(15-2)8(16-3)9(17-4)10(18-6)11(12)13/h6-10H,5H2,1-4H3,(H,12,13). The minimum atomic E-state index is -1.11. The Labute approximate surface area is 106 Å². The van der Waals surface area contributed by atoms with Gasteiger partial charge in [-0.2, -0.15) is 0 Å². The molecule has 5 atom stereocenters. The van der Waals surface area contributed by atoms with Crippen molar-refractivity contribution in [3.63, 3.8) is 0 Å². The summed E-state index contributed by atoms with van der Waals surface area (Å²) in [5.74, 6) is -1.10. The fourth-order valence-corrected chi connectivity index (χ4v) is 2.22. The van der Waals surface area contributed by atoms with Gasteiger partial charge in [0.05, 0.1) is 6.61 Å². The number of hydrogen-bond donors (Lipinski definition) is 1. The van der Waals surface area contributed by atoms with E-state index in [1.54, 1.807) is 0 Å². The maximum absolute atomic E-state index is 11.2. The first-order chi connectivity index (χ1) is 8.60. The molecule has 0 radical (unpaired) electrons. The monoisotopic (exact) mass is 264 g/mol. The van der Waals surface area contributed by atoms with Crippen LogP contribution in [0.1, 0.15) is 0 Å². The van der Waals surface area contributed by atoms with Gasteiger partial charge >= 0.3 is 5.97 Å². The number of rotatable bonds is 6. The van der Waals surface area contributed by atoms with E-state index in [0.29, 0.717) is 0 Å². The van der Waals surface area contributed by atoms with E-state index in [1.165, 1.54) is 28.4 Å². The molecule has 5 unspecified atom stereocenters. The van der Waals surface area contributed by atoms with Gasteiger partial charge in [-0.3, -0.25) is 0 Å². The lowest BCUT2D eigenvalue weighted by molar-refractivity contribution is -0.250. The molecule has 0 spiro atoms. The van der Waals surface area contributed by atoms with Crippen LogP contribution in [0.2, 0.25) is 0 Å². The first kappa shape index (κ1) is 15.3. The summed E-state index contributed by atoms with van der Waals surface area (Å²) in [6.07, 6.45) is -3.33. The Morgan fingerprint density at radius 1 is 1.06 bits per heavy atom. The zero-order chi connectivity index (χ0) is 13.7. The average molecular weight is 264 g/mol. The maximum Gasteiger partial charge on any atom is 0.335 e. The lowest BCUT2D eigenvalue weighted by Crippen LogP contribution is -2.62. The number of methoxy groups -OCH3 is 4. The van der Waals surface area contributed by atoms with Crippen LogP contribution in [0.3, 0.4) is 0 Å². The van der Waals surface area contributed by atoms with E-state index >= 15 is 0 Å². The highest BCUT2D eigenvalue weighted by atomic mass is 16.6. The zero-order valence-electron chi connectivity index (χ0n) is 11.0. The normalized spacial score (nSPS) is 36.6. The second kappa shape index (κ2) is 7.01. The third kappa shape index (κ3) is 2.99. The van der Waals surface area contributed by atoms with Gasteiger partial charge in [-0.15, -0.1) is 0 Å². The first-order valence-electron chi connectivity index (χ1n) is 5.56. The first-order valence-corrected chi connectivity index (χ1v) is 5.56. The van der Waals surface area contributed by atoms with Crippen molar-refractivity contribution < 1.29 is 33.6 Å². The minimum absolute atomic E-state index is 0.221. The molecule has 1 aliphatic heterocycles. The van der Waals surface area contributed by atoms with Crippen molar-refractivity contribution in [3.05, 3.63) is 0 Å². The van der Waals surface area contributed by atoms with Crippen molar-refractivity contribution in [3.8, 4) is 0 Å². The fourth-order valence-electron chi connectivity index (χ4n) is 2.22. The molecular weight excluding hydrogens is 244 g/mol. The average Bonchev–Trinajstić information content (AvgIpc) is 2.37. The van der Waals surface area contributed by atoms with Gasteiger partial charge in [0.2, 0.25) is 0 Å². The van der Waals surface area contributed by atoms with Gasteiger partial charge in [0.15, 0.2) is 6.10 Å². The molecule has 106 valence electrons. The third-order valence-electron chi connectivity index (χ3n) is 3.02. The van der Waals surface area contributed by atoms with Gasteiger partial charge in [0.25, 0.3) is 0 Å². The molecule has 0 aliphatic carbocycles. The second-order valence-corrected chi connectivity index (χ2v) is 3.99. The molecule has 1 rings (SSSR count). The van der Waals surface area contributed by atoms with Crippen LogP contribution < -0.4 is 0 Å². The van der Waals surface area contributed by atoms with Crippen LogP contribution in [0.25, 0.3) is 0 Å². The molecule has 0 saturated carbocycles. The number of carboxylic acids is 1. The summed E-state index contributed by atoms with van der Waals surface area (Å²) in [5.41, 5.74) is 0. The highest BCUT2D eigenvalue weighted by Crippen LogP contribution is 2.27. The smallest absolute Gasteiger partial charge is 0.335 e. The Morgan fingerprint density at radius 2 is 1.61 bits per heavy atom. The Balaban J connectivity index is 2.95. The van der Waals surface area contributed by atoms with Gasteiger partial charge < -0.3 is 28.8 Å². The van der Waals surface area contributed by atoms with Crippen LogP contribution >= 0.6 is 0 Å². The predicted molar refractivity (Wildman–Crippen MR) is 60.6 cm³/mol. The maximum atomic E-state index is 11.2. The third-order valence-corrected chi connectivity index (χ3v) is 3.02. The summed E-state index contributed by atoms with van der Waals surface area (Å²) in [4.78, 5) is 11.2. The summed E-state index contributed by atoms with van der Waals surface area (Å²) in [6.45, 7) is 0.221. The zero-order valence-corrected chi connectivity index (χ0v) is 11.0. The lowest BCUT2D eigenvalue weighted by atomic mass is 9.94. The number of carboxylic acid groups (broad SMARTS) is 1. The lowest BCUT2D eigenvalue weighted by Gasteiger charge is -2.43. The van der Waals surface area contributed by atoms with Gasteiger partial charge in [0, 0.05) is 28.4 Å². The van der Waals surface area contributed by atoms with Crippen molar-refractivity contribution in [1.82, 2.24) is 0 Å². The van der Waals surface area contributed by atoms with E-state index in [0.717, 1.165) is 0 Å². The van der Waals surface area contributed by atoms with E-state index in [9.17, 15) is 4.79 Å². The molecule has 0 aromatic rings. The van der Waals surface area contributed by atoms with Crippen molar-refractivity contribution in [2.24, 2.45) is 0 Å². The van der Waals surface area contributed by atoms with E-state index in [4.69, 9.17) is 28.8 Å². The Kier molecular flexibility index (Phi) is 5.97. The summed E-state index contributed by atoms with van der Waals surface area (Å²) >= 11 is 0. The Bertz CT molecular complexity index is 270. The molecule has 1 N–H and O–H groups in total. The van der Waals surface area contributed by atoms with E-state index in [2.05, 4.69) is 0 Å². The SMILES string of the molecule is COCC1OC(C(=O)O)C(OC)C(OC)C1OC. The van der Waals surface area contributed by atoms with Crippen molar-refractivity contribution in [2.45, 2.75) is 30.5 Å². The minimum Gasteiger partial charge on any atom is -0.479 e. The van der Waals surface area contributed by atoms with Crippen LogP contribution in [-0.2, 0) is 28.5 Å². The summed E-state index contributed by atoms with van der Waals surface area (Å²) in [6, 6.07) is 0. The van der Waals surface area contributed by atoms with Crippen LogP contribution in [-0.4, -0.2) is 76.6 Å². The van der Waals surface area contributed by atoms with Crippen LogP contribution in [0, 0.1) is 0 Å². The molecule has 1 saturated heterocycles. The summed E-state index contributed by atoms with van der Waals surface area (Å²) in [7, 11) is 5.92. The highest BCUT2D eigenvalue weighted by molar-refractivity contribution is 5.73. The highest BCUT2D eigenvalue weighted by Gasteiger charge is 2.49. The van der Waals surface area contributed by atoms with E-state index < -0.39 is 36.5 Å². The molecule has 0 aromatic carbocycles. The van der Waals surface area contributed by atoms with E-state index in [1.807, 2.05) is 0 Å². The molecule has 18 heavy (non-hydrogen) atoms. The summed E-state index contributed by atoms with van der Waals surface area (Å²) < 4.78 is 26.3. The molecular formula is C11H20O7. The van der Waals surface area contributed by atoms with Gasteiger partial charge in [-0.1, -0.05) is 0 Å². The topological polar surface area (TPSA) is 83.5 Å². The van der Waals surface area contributed by atoms with Crippen molar-refractivity contribution in [2.75, 3.05) is 35.0 Å². The fraction of sp³-hybridized carbons (Fsp3) is 0.909. The van der Waals surface area contributed by atoms with Gasteiger partial charge in [0.1, 0.15) is 24.4 Å².